The number of nitrogens with one attached hydrogen (secondary N) is 1. The molecule has 0 bridgehead atoms. The molecule has 0 fully saturated rings. The number of rotatable bonds is 4. The van der Waals surface area contributed by atoms with E-state index in [9.17, 15) is 9.18 Å². The summed E-state index contributed by atoms with van der Waals surface area (Å²) in [5, 5.41) is 2.66. The van der Waals surface area contributed by atoms with Crippen molar-refractivity contribution in [1.29, 1.82) is 0 Å². The molecule has 0 aromatic heterocycles. The fraction of sp³-hybridized carbons (Fsp3) is 0.0625. The molecule has 2 aromatic carbocycles. The Morgan fingerprint density at radius 2 is 1.95 bits per heavy atom. The average Bonchev–Trinajstić information content (AvgIpc) is 2.49. The summed E-state index contributed by atoms with van der Waals surface area (Å²) in [7, 11) is 1.60. The summed E-state index contributed by atoms with van der Waals surface area (Å²) in [6.07, 6.45) is 3.10. The van der Waals surface area contributed by atoms with Gasteiger partial charge in [-0.25, -0.2) is 4.39 Å². The van der Waals surface area contributed by atoms with E-state index >= 15 is 0 Å². The van der Waals surface area contributed by atoms with Crippen molar-refractivity contribution in [2.75, 3.05) is 12.4 Å². The van der Waals surface area contributed by atoms with Crippen LogP contribution in [0.4, 0.5) is 10.1 Å². The fourth-order valence-electron chi connectivity index (χ4n) is 1.64. The fourth-order valence-corrected chi connectivity index (χ4v) is 2.02. The Bertz CT molecular complexity index is 668. The van der Waals surface area contributed by atoms with E-state index in [2.05, 4.69) is 21.2 Å². The Morgan fingerprint density at radius 1 is 1.24 bits per heavy atom. The molecule has 2 rings (SSSR count). The van der Waals surface area contributed by atoms with Crippen molar-refractivity contribution in [3.8, 4) is 5.75 Å². The van der Waals surface area contributed by atoms with E-state index in [1.807, 2.05) is 24.3 Å². The van der Waals surface area contributed by atoms with Gasteiger partial charge in [0.1, 0.15) is 11.6 Å². The highest BCUT2D eigenvalue weighted by Gasteiger charge is 2.02. The zero-order valence-electron chi connectivity index (χ0n) is 11.3. The van der Waals surface area contributed by atoms with Crippen molar-refractivity contribution in [1.82, 2.24) is 0 Å². The molecule has 1 amide bonds. The van der Waals surface area contributed by atoms with Crippen molar-refractivity contribution in [2.24, 2.45) is 0 Å². The summed E-state index contributed by atoms with van der Waals surface area (Å²) in [4.78, 5) is 11.8. The Morgan fingerprint density at radius 3 is 2.57 bits per heavy atom. The molecule has 3 nitrogen and oxygen atoms in total. The normalized spacial score (nSPS) is 10.6. The number of methoxy groups -OCH3 is 1. The predicted molar refractivity (Wildman–Crippen MR) is 84.8 cm³/mol. The summed E-state index contributed by atoms with van der Waals surface area (Å²) >= 11 is 3.07. The third-order valence-electron chi connectivity index (χ3n) is 2.73. The number of ether oxygens (including phenoxy) is 1. The largest absolute Gasteiger partial charge is 0.497 e. The van der Waals surface area contributed by atoms with Crippen LogP contribution in [-0.2, 0) is 4.79 Å². The zero-order valence-corrected chi connectivity index (χ0v) is 12.9. The highest BCUT2D eigenvalue weighted by Crippen LogP contribution is 2.20. The molecule has 0 saturated heterocycles. The topological polar surface area (TPSA) is 38.3 Å². The van der Waals surface area contributed by atoms with Gasteiger partial charge in [0.15, 0.2) is 0 Å². The summed E-state index contributed by atoms with van der Waals surface area (Å²) in [6.45, 7) is 0. The van der Waals surface area contributed by atoms with Gasteiger partial charge in [-0.05, 0) is 57.9 Å². The Hall–Kier alpha value is -2.14. The number of anilines is 1. The molecule has 2 aromatic rings. The molecule has 0 radical (unpaired) electrons. The highest BCUT2D eigenvalue weighted by atomic mass is 79.9. The van der Waals surface area contributed by atoms with Crippen LogP contribution in [0.1, 0.15) is 5.56 Å². The third-order valence-corrected chi connectivity index (χ3v) is 3.34. The number of hydrogen-bond acceptors (Lipinski definition) is 2. The molecule has 0 heterocycles. The number of halogens is 2. The molecule has 5 heteroatoms. The predicted octanol–water partition coefficient (Wildman–Crippen LogP) is 4.25. The molecule has 108 valence electrons. The maximum absolute atomic E-state index is 13.1. The van der Waals surface area contributed by atoms with Crippen LogP contribution in [0, 0.1) is 5.82 Å². The number of carbonyl (C=O) groups excluding carboxylic acids is 1. The first-order valence-corrected chi connectivity index (χ1v) is 6.96. The van der Waals surface area contributed by atoms with Crippen molar-refractivity contribution in [3.63, 3.8) is 0 Å². The molecular formula is C16H13BrFNO2. The second-order valence-electron chi connectivity index (χ2n) is 4.22. The number of hydrogen-bond donors (Lipinski definition) is 1. The first-order valence-electron chi connectivity index (χ1n) is 6.16. The smallest absolute Gasteiger partial charge is 0.248 e. The van der Waals surface area contributed by atoms with Gasteiger partial charge in [0, 0.05) is 11.8 Å². The van der Waals surface area contributed by atoms with Gasteiger partial charge >= 0.3 is 0 Å². The summed E-state index contributed by atoms with van der Waals surface area (Å²) in [6, 6.07) is 11.6. The maximum Gasteiger partial charge on any atom is 0.248 e. The van der Waals surface area contributed by atoms with Crippen LogP contribution in [0.3, 0.4) is 0 Å². The maximum atomic E-state index is 13.1. The second kappa shape index (κ2) is 7.04. The van der Waals surface area contributed by atoms with E-state index in [0.29, 0.717) is 10.2 Å². The summed E-state index contributed by atoms with van der Waals surface area (Å²) < 4.78 is 18.4. The molecule has 0 saturated carbocycles. The van der Waals surface area contributed by atoms with Gasteiger partial charge in [-0.15, -0.1) is 0 Å². The molecule has 0 aliphatic rings. The minimum absolute atomic E-state index is 0.288. The molecule has 0 aliphatic heterocycles. The van der Waals surface area contributed by atoms with Gasteiger partial charge in [-0.1, -0.05) is 12.1 Å². The van der Waals surface area contributed by atoms with E-state index in [4.69, 9.17) is 4.74 Å². The number of amides is 1. The minimum atomic E-state index is -0.373. The van der Waals surface area contributed by atoms with Crippen molar-refractivity contribution in [2.45, 2.75) is 0 Å². The Balaban J connectivity index is 1.99. The molecule has 0 aliphatic carbocycles. The first-order chi connectivity index (χ1) is 10.1. The molecule has 0 spiro atoms. The second-order valence-corrected chi connectivity index (χ2v) is 5.08. The van der Waals surface area contributed by atoms with Crippen LogP contribution in [0.25, 0.3) is 6.08 Å². The van der Waals surface area contributed by atoms with Crippen molar-refractivity contribution < 1.29 is 13.9 Å². The first kappa shape index (κ1) is 15.3. The van der Waals surface area contributed by atoms with Crippen LogP contribution < -0.4 is 10.1 Å². The van der Waals surface area contributed by atoms with E-state index in [-0.39, 0.29) is 11.7 Å². The van der Waals surface area contributed by atoms with Crippen LogP contribution >= 0.6 is 15.9 Å². The Kier molecular flexibility index (Phi) is 5.11. The van der Waals surface area contributed by atoms with Crippen LogP contribution in [0.15, 0.2) is 53.0 Å². The van der Waals surface area contributed by atoms with Gasteiger partial charge in [-0.2, -0.15) is 0 Å². The van der Waals surface area contributed by atoms with E-state index < -0.39 is 0 Å². The summed E-state index contributed by atoms with van der Waals surface area (Å²) in [5.41, 5.74) is 1.40. The zero-order chi connectivity index (χ0) is 15.2. The lowest BCUT2D eigenvalue weighted by atomic mass is 10.2. The van der Waals surface area contributed by atoms with Crippen LogP contribution in [0.5, 0.6) is 5.75 Å². The SMILES string of the molecule is COc1ccc(/C=C/C(=O)Nc2ccc(F)c(Br)c2)cc1. The lowest BCUT2D eigenvalue weighted by Crippen LogP contribution is -2.07. The summed E-state index contributed by atoms with van der Waals surface area (Å²) in [5.74, 6) is 0.0962. The highest BCUT2D eigenvalue weighted by molar-refractivity contribution is 9.10. The monoisotopic (exact) mass is 349 g/mol. The van der Waals surface area contributed by atoms with Crippen LogP contribution in [0.2, 0.25) is 0 Å². The molecule has 1 N–H and O–H groups in total. The molecule has 21 heavy (non-hydrogen) atoms. The van der Waals surface area contributed by atoms with Crippen molar-refractivity contribution >= 4 is 33.6 Å². The molecule has 0 atom stereocenters. The lowest BCUT2D eigenvalue weighted by molar-refractivity contribution is -0.111. The van der Waals surface area contributed by atoms with Crippen molar-refractivity contribution in [3.05, 3.63) is 64.4 Å². The average molecular weight is 350 g/mol. The van der Waals surface area contributed by atoms with Gasteiger partial charge in [0.05, 0.1) is 11.6 Å². The van der Waals surface area contributed by atoms with E-state index in [0.717, 1.165) is 11.3 Å². The molecular weight excluding hydrogens is 337 g/mol. The minimum Gasteiger partial charge on any atom is -0.497 e. The van der Waals surface area contributed by atoms with Gasteiger partial charge in [0.2, 0.25) is 5.91 Å². The van der Waals surface area contributed by atoms with Gasteiger partial charge in [-0.3, -0.25) is 4.79 Å². The Labute approximate surface area is 130 Å². The van der Waals surface area contributed by atoms with Crippen LogP contribution in [-0.4, -0.2) is 13.0 Å². The standard InChI is InChI=1S/C16H13BrFNO2/c1-21-13-6-2-11(3-7-13)4-9-16(20)19-12-5-8-15(18)14(17)10-12/h2-10H,1H3,(H,19,20)/b9-4+. The quantitative estimate of drug-likeness (QED) is 0.838. The van der Waals surface area contributed by atoms with Gasteiger partial charge < -0.3 is 10.1 Å². The van der Waals surface area contributed by atoms with E-state index in [1.54, 1.807) is 13.2 Å². The number of benzene rings is 2. The lowest BCUT2D eigenvalue weighted by Gasteiger charge is -2.03. The third kappa shape index (κ3) is 4.43. The van der Waals surface area contributed by atoms with E-state index in [1.165, 1.54) is 24.3 Å². The number of carbonyl (C=O) groups is 1. The molecule has 0 unspecified atom stereocenters. The van der Waals surface area contributed by atoms with Gasteiger partial charge in [0.25, 0.3) is 0 Å².